The number of amides is 1. The van der Waals surface area contributed by atoms with Crippen LogP contribution in [-0.2, 0) is 4.79 Å². The number of carbonyl (C=O) groups is 1. The molecule has 0 aliphatic heterocycles. The fraction of sp³-hybridized carbons (Fsp3) is 0.909. The first-order chi connectivity index (χ1) is 7.22. The van der Waals surface area contributed by atoms with Crippen molar-refractivity contribution in [2.45, 2.75) is 38.7 Å². The molecule has 0 aromatic carbocycles. The van der Waals surface area contributed by atoms with Gasteiger partial charge in [0.2, 0.25) is 5.91 Å². The van der Waals surface area contributed by atoms with Gasteiger partial charge in [-0.1, -0.05) is 6.92 Å². The first-order valence-corrected chi connectivity index (χ1v) is 5.87. The molecule has 1 rings (SSSR count). The normalized spacial score (nSPS) is 25.5. The lowest BCUT2D eigenvalue weighted by Gasteiger charge is -2.11. The SMILES string of the molecule is CCCNCC(=O)NCC1CCC(O)C1. The molecule has 0 bridgehead atoms. The van der Waals surface area contributed by atoms with Crippen molar-refractivity contribution in [3.63, 3.8) is 0 Å². The zero-order valence-corrected chi connectivity index (χ0v) is 9.46. The highest BCUT2D eigenvalue weighted by atomic mass is 16.3. The van der Waals surface area contributed by atoms with Gasteiger partial charge in [0.1, 0.15) is 0 Å². The molecule has 2 unspecified atom stereocenters. The molecule has 0 aromatic rings. The highest BCUT2D eigenvalue weighted by molar-refractivity contribution is 5.77. The van der Waals surface area contributed by atoms with Gasteiger partial charge in [-0.2, -0.15) is 0 Å². The zero-order chi connectivity index (χ0) is 11.1. The molecule has 1 aliphatic rings. The number of hydrogen-bond acceptors (Lipinski definition) is 3. The van der Waals surface area contributed by atoms with Gasteiger partial charge in [-0.3, -0.25) is 4.79 Å². The summed E-state index contributed by atoms with van der Waals surface area (Å²) in [4.78, 5) is 11.3. The van der Waals surface area contributed by atoms with Gasteiger partial charge in [-0.05, 0) is 38.1 Å². The smallest absolute Gasteiger partial charge is 0.233 e. The summed E-state index contributed by atoms with van der Waals surface area (Å²) in [5, 5.41) is 15.3. The van der Waals surface area contributed by atoms with Crippen LogP contribution in [0.15, 0.2) is 0 Å². The Balaban J connectivity index is 2.01. The van der Waals surface area contributed by atoms with E-state index in [1.807, 2.05) is 0 Å². The second-order valence-corrected chi connectivity index (χ2v) is 4.31. The van der Waals surface area contributed by atoms with E-state index in [1.165, 1.54) is 0 Å². The first-order valence-electron chi connectivity index (χ1n) is 5.87. The van der Waals surface area contributed by atoms with Crippen LogP contribution < -0.4 is 10.6 Å². The van der Waals surface area contributed by atoms with Gasteiger partial charge in [0.25, 0.3) is 0 Å². The molecule has 4 heteroatoms. The van der Waals surface area contributed by atoms with Crippen molar-refractivity contribution in [3.8, 4) is 0 Å². The zero-order valence-electron chi connectivity index (χ0n) is 9.46. The summed E-state index contributed by atoms with van der Waals surface area (Å²) < 4.78 is 0. The number of hydrogen-bond donors (Lipinski definition) is 3. The molecule has 0 radical (unpaired) electrons. The lowest BCUT2D eigenvalue weighted by atomic mass is 10.1. The van der Waals surface area contributed by atoms with E-state index in [0.717, 1.165) is 32.2 Å². The molecule has 88 valence electrons. The van der Waals surface area contributed by atoms with Gasteiger partial charge in [0, 0.05) is 6.54 Å². The maximum absolute atomic E-state index is 11.3. The van der Waals surface area contributed by atoms with Gasteiger partial charge < -0.3 is 15.7 Å². The third kappa shape index (κ3) is 5.14. The largest absolute Gasteiger partial charge is 0.393 e. The van der Waals surface area contributed by atoms with E-state index in [9.17, 15) is 9.90 Å². The Hall–Kier alpha value is -0.610. The molecule has 4 nitrogen and oxygen atoms in total. The van der Waals surface area contributed by atoms with Crippen LogP contribution >= 0.6 is 0 Å². The summed E-state index contributed by atoms with van der Waals surface area (Å²) in [6.07, 6.45) is 3.65. The van der Waals surface area contributed by atoms with Gasteiger partial charge in [-0.25, -0.2) is 0 Å². The molecular formula is C11H22N2O2. The van der Waals surface area contributed by atoms with E-state index < -0.39 is 0 Å². The maximum atomic E-state index is 11.3. The molecular weight excluding hydrogens is 192 g/mol. The molecule has 0 heterocycles. The minimum atomic E-state index is -0.148. The number of rotatable bonds is 6. The van der Waals surface area contributed by atoms with E-state index in [-0.39, 0.29) is 12.0 Å². The van der Waals surface area contributed by atoms with E-state index in [1.54, 1.807) is 0 Å². The molecule has 1 amide bonds. The summed E-state index contributed by atoms with van der Waals surface area (Å²) in [6, 6.07) is 0. The van der Waals surface area contributed by atoms with Crippen molar-refractivity contribution in [2.24, 2.45) is 5.92 Å². The van der Waals surface area contributed by atoms with Crippen molar-refractivity contribution < 1.29 is 9.90 Å². The molecule has 1 aliphatic carbocycles. The Bertz CT molecular complexity index is 197. The second-order valence-electron chi connectivity index (χ2n) is 4.31. The summed E-state index contributed by atoms with van der Waals surface area (Å²) in [6.45, 7) is 4.08. The minimum absolute atomic E-state index is 0.0600. The fourth-order valence-electron chi connectivity index (χ4n) is 1.93. The van der Waals surface area contributed by atoms with Crippen molar-refractivity contribution >= 4 is 5.91 Å². The van der Waals surface area contributed by atoms with E-state index >= 15 is 0 Å². The van der Waals surface area contributed by atoms with Crippen molar-refractivity contribution in [3.05, 3.63) is 0 Å². The first kappa shape index (κ1) is 12.5. The quantitative estimate of drug-likeness (QED) is 0.556. The summed E-state index contributed by atoms with van der Waals surface area (Å²) in [5.74, 6) is 0.528. The third-order valence-corrected chi connectivity index (χ3v) is 2.81. The highest BCUT2D eigenvalue weighted by Crippen LogP contribution is 2.24. The predicted molar refractivity (Wildman–Crippen MR) is 59.5 cm³/mol. The molecule has 15 heavy (non-hydrogen) atoms. The fourth-order valence-corrected chi connectivity index (χ4v) is 1.93. The van der Waals surface area contributed by atoms with Gasteiger partial charge in [0.15, 0.2) is 0 Å². The van der Waals surface area contributed by atoms with Crippen LogP contribution in [0.2, 0.25) is 0 Å². The highest BCUT2D eigenvalue weighted by Gasteiger charge is 2.22. The van der Waals surface area contributed by atoms with Gasteiger partial charge in [-0.15, -0.1) is 0 Å². The van der Waals surface area contributed by atoms with Crippen LogP contribution in [-0.4, -0.2) is 36.8 Å². The average molecular weight is 214 g/mol. The van der Waals surface area contributed by atoms with Crippen molar-refractivity contribution in [2.75, 3.05) is 19.6 Å². The molecule has 0 spiro atoms. The maximum Gasteiger partial charge on any atom is 0.233 e. The summed E-state index contributed by atoms with van der Waals surface area (Å²) in [7, 11) is 0. The monoisotopic (exact) mass is 214 g/mol. The van der Waals surface area contributed by atoms with E-state index in [4.69, 9.17) is 0 Å². The number of nitrogens with one attached hydrogen (secondary N) is 2. The van der Waals surface area contributed by atoms with Gasteiger partial charge in [0.05, 0.1) is 12.6 Å². The molecule has 3 N–H and O–H groups in total. The Morgan fingerprint density at radius 3 is 2.87 bits per heavy atom. The number of carbonyl (C=O) groups excluding carboxylic acids is 1. The number of aliphatic hydroxyl groups excluding tert-OH is 1. The molecule has 0 saturated heterocycles. The van der Waals surface area contributed by atoms with Crippen LogP contribution in [0.5, 0.6) is 0 Å². The molecule has 0 aromatic heterocycles. The Kier molecular flexibility index (Phi) is 5.65. The van der Waals surface area contributed by atoms with Crippen molar-refractivity contribution in [1.82, 2.24) is 10.6 Å². The predicted octanol–water partition coefficient (Wildman–Crippen LogP) is 0.263. The standard InChI is InChI=1S/C11H22N2O2/c1-2-5-12-8-11(15)13-7-9-3-4-10(14)6-9/h9-10,12,14H,2-8H2,1H3,(H,13,15). The van der Waals surface area contributed by atoms with Crippen LogP contribution in [0.3, 0.4) is 0 Å². The molecule has 2 atom stereocenters. The Morgan fingerprint density at radius 2 is 2.27 bits per heavy atom. The van der Waals surface area contributed by atoms with Crippen molar-refractivity contribution in [1.29, 1.82) is 0 Å². The number of aliphatic hydroxyl groups is 1. The second kappa shape index (κ2) is 6.80. The van der Waals surface area contributed by atoms with Crippen LogP contribution in [0, 0.1) is 5.92 Å². The Morgan fingerprint density at radius 1 is 1.47 bits per heavy atom. The van der Waals surface area contributed by atoms with Crippen LogP contribution in [0.25, 0.3) is 0 Å². The average Bonchev–Trinajstić information content (AvgIpc) is 2.62. The Labute approximate surface area is 91.4 Å². The van der Waals surface area contributed by atoms with Crippen LogP contribution in [0.1, 0.15) is 32.6 Å². The lowest BCUT2D eigenvalue weighted by Crippen LogP contribution is -2.36. The summed E-state index contributed by atoms with van der Waals surface area (Å²) >= 11 is 0. The third-order valence-electron chi connectivity index (χ3n) is 2.81. The topological polar surface area (TPSA) is 61.4 Å². The minimum Gasteiger partial charge on any atom is -0.393 e. The lowest BCUT2D eigenvalue weighted by molar-refractivity contribution is -0.120. The van der Waals surface area contributed by atoms with E-state index in [2.05, 4.69) is 17.6 Å². The van der Waals surface area contributed by atoms with Crippen LogP contribution in [0.4, 0.5) is 0 Å². The molecule has 1 saturated carbocycles. The van der Waals surface area contributed by atoms with Gasteiger partial charge >= 0.3 is 0 Å². The van der Waals surface area contributed by atoms with E-state index in [0.29, 0.717) is 19.0 Å². The summed E-state index contributed by atoms with van der Waals surface area (Å²) in [5.41, 5.74) is 0. The molecule has 1 fully saturated rings.